The molecule has 2 aliphatic heterocycles. The van der Waals surface area contributed by atoms with Gasteiger partial charge in [0.1, 0.15) is 0 Å². The van der Waals surface area contributed by atoms with Crippen molar-refractivity contribution < 1.29 is 4.74 Å². The first-order valence-corrected chi connectivity index (χ1v) is 8.81. The van der Waals surface area contributed by atoms with E-state index in [1.165, 1.54) is 56.5 Å². The lowest BCUT2D eigenvalue weighted by atomic mass is 9.63. The summed E-state index contributed by atoms with van der Waals surface area (Å²) >= 11 is 2.06. The van der Waals surface area contributed by atoms with Gasteiger partial charge in [0.15, 0.2) is 0 Å². The second kappa shape index (κ2) is 4.99. The first kappa shape index (κ1) is 13.3. The molecule has 1 aliphatic carbocycles. The van der Waals surface area contributed by atoms with Crippen LogP contribution in [0.2, 0.25) is 0 Å². The van der Waals surface area contributed by atoms with E-state index in [9.17, 15) is 0 Å². The summed E-state index contributed by atoms with van der Waals surface area (Å²) in [5.41, 5.74) is 7.16. The van der Waals surface area contributed by atoms with Gasteiger partial charge >= 0.3 is 0 Å². The Morgan fingerprint density at radius 3 is 2.83 bits per heavy atom. The maximum absolute atomic E-state index is 6.87. The number of hydrogen-bond acceptors (Lipinski definition) is 3. The van der Waals surface area contributed by atoms with Gasteiger partial charge in [0.05, 0.1) is 5.60 Å². The fourth-order valence-electron chi connectivity index (χ4n) is 4.35. The van der Waals surface area contributed by atoms with Crippen LogP contribution in [0, 0.1) is 11.8 Å². The lowest BCUT2D eigenvalue weighted by molar-refractivity contribution is -0.101. The Hall–Kier alpha value is 0.270. The van der Waals surface area contributed by atoms with Crippen LogP contribution in [0.25, 0.3) is 0 Å². The molecule has 2 heterocycles. The van der Waals surface area contributed by atoms with Gasteiger partial charge in [-0.3, -0.25) is 0 Å². The van der Waals surface area contributed by atoms with Crippen molar-refractivity contribution in [1.29, 1.82) is 0 Å². The largest absolute Gasteiger partial charge is 0.374 e. The Labute approximate surface area is 115 Å². The van der Waals surface area contributed by atoms with Crippen LogP contribution >= 0.6 is 11.8 Å². The zero-order valence-electron chi connectivity index (χ0n) is 11.6. The van der Waals surface area contributed by atoms with Gasteiger partial charge in [0.25, 0.3) is 0 Å². The molecule has 2 N–H and O–H groups in total. The van der Waals surface area contributed by atoms with Crippen LogP contribution in [-0.2, 0) is 4.74 Å². The first-order chi connectivity index (χ1) is 8.65. The van der Waals surface area contributed by atoms with Gasteiger partial charge in [-0.1, -0.05) is 19.8 Å². The Kier molecular flexibility index (Phi) is 3.68. The van der Waals surface area contributed by atoms with Gasteiger partial charge < -0.3 is 10.5 Å². The highest BCUT2D eigenvalue weighted by atomic mass is 32.2. The molecule has 18 heavy (non-hydrogen) atoms. The third-order valence-corrected chi connectivity index (χ3v) is 6.96. The molecule has 0 amide bonds. The van der Waals surface area contributed by atoms with Crippen molar-refractivity contribution in [3.63, 3.8) is 0 Å². The molecule has 0 aromatic carbocycles. The summed E-state index contributed by atoms with van der Waals surface area (Å²) in [4.78, 5) is 0. The molecule has 1 saturated carbocycles. The molecule has 3 heteroatoms. The van der Waals surface area contributed by atoms with Crippen molar-refractivity contribution in [2.45, 2.75) is 63.0 Å². The van der Waals surface area contributed by atoms with E-state index in [4.69, 9.17) is 10.5 Å². The van der Waals surface area contributed by atoms with Crippen LogP contribution in [0.4, 0.5) is 0 Å². The van der Waals surface area contributed by atoms with Crippen molar-refractivity contribution >= 4 is 11.8 Å². The van der Waals surface area contributed by atoms with Gasteiger partial charge in [0.2, 0.25) is 0 Å². The molecule has 0 aromatic rings. The smallest absolute Gasteiger partial charge is 0.0783 e. The minimum Gasteiger partial charge on any atom is -0.374 e. The average molecular weight is 269 g/mol. The van der Waals surface area contributed by atoms with Gasteiger partial charge in [-0.2, -0.15) is 11.8 Å². The summed E-state index contributed by atoms with van der Waals surface area (Å²) in [5.74, 6) is 3.87. The Balaban J connectivity index is 1.74. The SMILES string of the molecule is CC1CCCCC1(N)C1CCOC2(CCSC2)C1. The quantitative estimate of drug-likeness (QED) is 0.794. The molecule has 2 nitrogen and oxygen atoms in total. The number of hydrogen-bond donors (Lipinski definition) is 1. The normalized spacial score (nSPS) is 49.7. The predicted molar refractivity (Wildman–Crippen MR) is 77.9 cm³/mol. The molecule has 2 saturated heterocycles. The lowest BCUT2D eigenvalue weighted by Crippen LogP contribution is -2.58. The highest BCUT2D eigenvalue weighted by Crippen LogP contribution is 2.47. The maximum Gasteiger partial charge on any atom is 0.0783 e. The summed E-state index contributed by atoms with van der Waals surface area (Å²) in [5, 5.41) is 0. The second-order valence-corrected chi connectivity index (χ2v) is 7.89. The van der Waals surface area contributed by atoms with Crippen LogP contribution in [0.3, 0.4) is 0 Å². The van der Waals surface area contributed by atoms with E-state index in [2.05, 4.69) is 18.7 Å². The van der Waals surface area contributed by atoms with Crippen LogP contribution in [-0.4, -0.2) is 29.3 Å². The molecule has 0 bridgehead atoms. The van der Waals surface area contributed by atoms with Crippen molar-refractivity contribution in [1.82, 2.24) is 0 Å². The summed E-state index contributed by atoms with van der Waals surface area (Å²) in [7, 11) is 0. The standard InChI is InChI=1S/C15H27NOS/c1-12-4-2-3-6-15(12,16)13-5-8-17-14(10-13)7-9-18-11-14/h12-13H,2-11,16H2,1H3. The number of nitrogens with two attached hydrogens (primary N) is 1. The monoisotopic (exact) mass is 269 g/mol. The topological polar surface area (TPSA) is 35.2 Å². The third-order valence-electron chi connectivity index (χ3n) is 5.73. The van der Waals surface area contributed by atoms with Crippen molar-refractivity contribution in [3.05, 3.63) is 0 Å². The van der Waals surface area contributed by atoms with Crippen molar-refractivity contribution in [2.75, 3.05) is 18.1 Å². The second-order valence-electron chi connectivity index (χ2n) is 6.78. The summed E-state index contributed by atoms with van der Waals surface area (Å²) in [6.45, 7) is 3.32. The van der Waals surface area contributed by atoms with E-state index in [1.54, 1.807) is 0 Å². The lowest BCUT2D eigenvalue weighted by Gasteiger charge is -2.50. The van der Waals surface area contributed by atoms with Crippen LogP contribution in [0.1, 0.15) is 51.9 Å². The molecule has 104 valence electrons. The van der Waals surface area contributed by atoms with Crippen LogP contribution < -0.4 is 5.73 Å². The maximum atomic E-state index is 6.87. The molecule has 4 atom stereocenters. The number of ether oxygens (including phenoxy) is 1. The van der Waals surface area contributed by atoms with E-state index in [-0.39, 0.29) is 11.1 Å². The van der Waals surface area contributed by atoms with E-state index in [0.29, 0.717) is 11.8 Å². The predicted octanol–water partition coefficient (Wildman–Crippen LogP) is 3.20. The average Bonchev–Trinajstić information content (AvgIpc) is 2.81. The molecule has 3 rings (SSSR count). The Morgan fingerprint density at radius 2 is 2.11 bits per heavy atom. The number of rotatable bonds is 1. The molecule has 3 aliphatic rings. The molecule has 0 aromatic heterocycles. The molecular formula is C15H27NOS. The number of thioether (sulfide) groups is 1. The fourth-order valence-corrected chi connectivity index (χ4v) is 5.73. The molecular weight excluding hydrogens is 242 g/mol. The summed E-state index contributed by atoms with van der Waals surface area (Å²) in [6, 6.07) is 0. The minimum atomic E-state index is 0.0995. The minimum absolute atomic E-state index is 0.0995. The Bertz CT molecular complexity index is 303. The van der Waals surface area contributed by atoms with Gasteiger partial charge in [-0.25, -0.2) is 0 Å². The Morgan fingerprint density at radius 1 is 1.22 bits per heavy atom. The highest BCUT2D eigenvalue weighted by Gasteiger charge is 2.48. The molecule has 3 fully saturated rings. The van der Waals surface area contributed by atoms with Gasteiger partial charge in [-0.15, -0.1) is 0 Å². The molecule has 1 spiro atoms. The first-order valence-electron chi connectivity index (χ1n) is 7.65. The molecule has 4 unspecified atom stereocenters. The van der Waals surface area contributed by atoms with E-state index in [0.717, 1.165) is 6.61 Å². The van der Waals surface area contributed by atoms with Crippen molar-refractivity contribution in [3.8, 4) is 0 Å². The fraction of sp³-hybridized carbons (Fsp3) is 1.00. The van der Waals surface area contributed by atoms with Crippen molar-refractivity contribution in [2.24, 2.45) is 17.6 Å². The van der Waals surface area contributed by atoms with E-state index >= 15 is 0 Å². The molecule has 0 radical (unpaired) electrons. The van der Waals surface area contributed by atoms with E-state index < -0.39 is 0 Å². The van der Waals surface area contributed by atoms with Crippen LogP contribution in [0.15, 0.2) is 0 Å². The van der Waals surface area contributed by atoms with Gasteiger partial charge in [0, 0.05) is 17.9 Å². The summed E-state index contributed by atoms with van der Waals surface area (Å²) in [6.07, 6.45) is 8.94. The van der Waals surface area contributed by atoms with Crippen LogP contribution in [0.5, 0.6) is 0 Å². The highest BCUT2D eigenvalue weighted by molar-refractivity contribution is 7.99. The summed E-state index contributed by atoms with van der Waals surface area (Å²) < 4.78 is 6.15. The van der Waals surface area contributed by atoms with Gasteiger partial charge in [-0.05, 0) is 49.7 Å². The third kappa shape index (κ3) is 2.23. The zero-order chi connectivity index (χ0) is 12.6. The zero-order valence-corrected chi connectivity index (χ0v) is 12.4. The van der Waals surface area contributed by atoms with E-state index in [1.807, 2.05) is 0 Å².